The summed E-state index contributed by atoms with van der Waals surface area (Å²) in [6.07, 6.45) is 4.25. The first-order valence-corrected chi connectivity index (χ1v) is 11.0. The van der Waals surface area contributed by atoms with E-state index in [4.69, 9.17) is 9.47 Å². The SMILES string of the molecule is CN(C)C(=O)C[C@@H]1CC[C@@H]2[C@H](COc3ccc(NC(=O)C4CCC4)cc3C(=O)N2C)O1. The molecule has 1 aromatic carbocycles. The van der Waals surface area contributed by atoms with Gasteiger partial charge in [0, 0.05) is 32.7 Å². The van der Waals surface area contributed by atoms with Crippen molar-refractivity contribution < 1.29 is 23.9 Å². The Kier molecular flexibility index (Phi) is 6.18. The predicted molar refractivity (Wildman–Crippen MR) is 115 cm³/mol. The minimum atomic E-state index is -0.297. The van der Waals surface area contributed by atoms with Gasteiger partial charge in [-0.25, -0.2) is 0 Å². The maximum absolute atomic E-state index is 13.2. The van der Waals surface area contributed by atoms with Gasteiger partial charge in [0.25, 0.3) is 5.91 Å². The minimum Gasteiger partial charge on any atom is -0.490 e. The van der Waals surface area contributed by atoms with Gasteiger partial charge in [-0.3, -0.25) is 14.4 Å². The standard InChI is InChI=1S/C23H31N3O5/c1-25(2)21(27)12-16-8-9-18-20(31-16)13-30-19-10-7-15(11-17(19)23(29)26(18)3)24-22(28)14-5-4-6-14/h7,10-11,14,16,18,20H,4-6,8-9,12-13H2,1-3H3,(H,24,28)/t16-,18+,20-/m0/s1. The molecule has 0 unspecified atom stereocenters. The second kappa shape index (κ2) is 8.86. The molecule has 3 aliphatic rings. The van der Waals surface area contributed by atoms with Gasteiger partial charge in [0.05, 0.1) is 24.1 Å². The van der Waals surface area contributed by atoms with Crippen molar-refractivity contribution in [3.8, 4) is 5.75 Å². The third-order valence-electron chi connectivity index (χ3n) is 6.66. The Balaban J connectivity index is 1.48. The zero-order valence-electron chi connectivity index (χ0n) is 18.4. The van der Waals surface area contributed by atoms with Crippen molar-refractivity contribution in [2.75, 3.05) is 33.1 Å². The van der Waals surface area contributed by atoms with E-state index in [1.54, 1.807) is 49.1 Å². The van der Waals surface area contributed by atoms with E-state index in [-0.39, 0.29) is 41.9 Å². The van der Waals surface area contributed by atoms with Gasteiger partial charge in [0.15, 0.2) is 0 Å². The lowest BCUT2D eigenvalue weighted by Crippen LogP contribution is -2.53. The summed E-state index contributed by atoms with van der Waals surface area (Å²) in [5.41, 5.74) is 1.05. The fourth-order valence-corrected chi connectivity index (χ4v) is 4.40. The van der Waals surface area contributed by atoms with Crippen molar-refractivity contribution >= 4 is 23.4 Å². The van der Waals surface area contributed by atoms with Gasteiger partial charge < -0.3 is 24.6 Å². The first kappa shape index (κ1) is 21.6. The van der Waals surface area contributed by atoms with Crippen LogP contribution in [0.4, 0.5) is 5.69 Å². The van der Waals surface area contributed by atoms with E-state index in [0.29, 0.717) is 36.4 Å². The maximum atomic E-state index is 13.2. The number of nitrogens with zero attached hydrogens (tertiary/aromatic N) is 2. The third-order valence-corrected chi connectivity index (χ3v) is 6.66. The average molecular weight is 430 g/mol. The molecule has 1 aromatic rings. The van der Waals surface area contributed by atoms with Gasteiger partial charge in [-0.2, -0.15) is 0 Å². The van der Waals surface area contributed by atoms with Crippen molar-refractivity contribution in [3.05, 3.63) is 23.8 Å². The number of fused-ring (bicyclic) bond motifs is 2. The molecular weight excluding hydrogens is 398 g/mol. The Labute approximate surface area is 182 Å². The fraction of sp³-hybridized carbons (Fsp3) is 0.609. The minimum absolute atomic E-state index is 0.0119. The lowest BCUT2D eigenvalue weighted by Gasteiger charge is -2.42. The number of nitrogens with one attached hydrogen (secondary N) is 1. The number of likely N-dealkylation sites (N-methyl/N-ethyl adjacent to an activating group) is 1. The van der Waals surface area contributed by atoms with Crippen molar-refractivity contribution in [2.45, 2.75) is 56.8 Å². The Morgan fingerprint density at radius 2 is 1.97 bits per heavy atom. The number of benzene rings is 1. The van der Waals surface area contributed by atoms with Crippen LogP contribution in [0.5, 0.6) is 5.75 Å². The molecule has 0 aromatic heterocycles. The zero-order chi connectivity index (χ0) is 22.1. The van der Waals surface area contributed by atoms with Gasteiger partial charge in [-0.05, 0) is 43.9 Å². The highest BCUT2D eigenvalue weighted by molar-refractivity contribution is 6.00. The first-order chi connectivity index (χ1) is 14.8. The highest BCUT2D eigenvalue weighted by atomic mass is 16.5. The Bertz CT molecular complexity index is 867. The van der Waals surface area contributed by atoms with E-state index in [0.717, 1.165) is 25.7 Å². The van der Waals surface area contributed by atoms with Crippen LogP contribution in [0.1, 0.15) is 48.9 Å². The lowest BCUT2D eigenvalue weighted by molar-refractivity contribution is -0.140. The van der Waals surface area contributed by atoms with Crippen LogP contribution in [0, 0.1) is 5.92 Å². The highest BCUT2D eigenvalue weighted by Crippen LogP contribution is 2.33. The Hall–Kier alpha value is -2.61. The number of anilines is 1. The summed E-state index contributed by atoms with van der Waals surface area (Å²) >= 11 is 0. The molecule has 8 heteroatoms. The monoisotopic (exact) mass is 429 g/mol. The molecule has 1 N–H and O–H groups in total. The molecular formula is C23H31N3O5. The molecule has 2 aliphatic heterocycles. The molecule has 2 fully saturated rings. The van der Waals surface area contributed by atoms with E-state index in [2.05, 4.69) is 5.32 Å². The van der Waals surface area contributed by atoms with Gasteiger partial charge in [0.2, 0.25) is 11.8 Å². The van der Waals surface area contributed by atoms with E-state index in [9.17, 15) is 14.4 Å². The normalized spacial score (nSPS) is 25.8. The summed E-state index contributed by atoms with van der Waals surface area (Å²) in [6.45, 7) is 0.301. The second-order valence-corrected chi connectivity index (χ2v) is 8.99. The molecule has 1 aliphatic carbocycles. The number of rotatable bonds is 4. The quantitative estimate of drug-likeness (QED) is 0.793. The highest BCUT2D eigenvalue weighted by Gasteiger charge is 2.39. The number of ether oxygens (including phenoxy) is 2. The van der Waals surface area contributed by atoms with Crippen LogP contribution in [0.15, 0.2) is 18.2 Å². The van der Waals surface area contributed by atoms with Crippen molar-refractivity contribution in [3.63, 3.8) is 0 Å². The first-order valence-electron chi connectivity index (χ1n) is 11.0. The number of hydrogen-bond acceptors (Lipinski definition) is 5. The van der Waals surface area contributed by atoms with Gasteiger partial charge in [-0.15, -0.1) is 0 Å². The molecule has 168 valence electrons. The summed E-state index contributed by atoms with van der Waals surface area (Å²) < 4.78 is 12.2. The molecule has 0 spiro atoms. The zero-order valence-corrected chi connectivity index (χ0v) is 18.4. The molecule has 0 radical (unpaired) electrons. The number of carbonyl (C=O) groups excluding carboxylic acids is 3. The molecule has 1 saturated carbocycles. The second-order valence-electron chi connectivity index (χ2n) is 8.99. The van der Waals surface area contributed by atoms with Gasteiger partial charge in [-0.1, -0.05) is 6.42 Å². The Morgan fingerprint density at radius 3 is 2.65 bits per heavy atom. The van der Waals surface area contributed by atoms with E-state index < -0.39 is 0 Å². The lowest BCUT2D eigenvalue weighted by atomic mass is 9.85. The summed E-state index contributed by atoms with van der Waals surface area (Å²) in [6, 6.07) is 5.07. The molecule has 1 saturated heterocycles. The smallest absolute Gasteiger partial charge is 0.257 e. The van der Waals surface area contributed by atoms with E-state index in [1.165, 1.54) is 0 Å². The van der Waals surface area contributed by atoms with Crippen molar-refractivity contribution in [1.29, 1.82) is 0 Å². The molecule has 0 bridgehead atoms. The number of hydrogen-bond donors (Lipinski definition) is 1. The topological polar surface area (TPSA) is 88.2 Å². The van der Waals surface area contributed by atoms with Crippen LogP contribution in [0.25, 0.3) is 0 Å². The molecule has 3 atom stereocenters. The predicted octanol–water partition coefficient (Wildman–Crippen LogP) is 2.28. The van der Waals surface area contributed by atoms with Crippen LogP contribution in [-0.2, 0) is 14.3 Å². The molecule has 2 heterocycles. The third kappa shape index (κ3) is 4.54. The van der Waals surface area contributed by atoms with Crippen LogP contribution in [0.3, 0.4) is 0 Å². The Morgan fingerprint density at radius 1 is 1.19 bits per heavy atom. The van der Waals surface area contributed by atoms with Crippen LogP contribution >= 0.6 is 0 Å². The largest absolute Gasteiger partial charge is 0.490 e. The molecule has 8 nitrogen and oxygen atoms in total. The summed E-state index contributed by atoms with van der Waals surface area (Å²) in [7, 11) is 5.25. The fourth-order valence-electron chi connectivity index (χ4n) is 4.40. The van der Waals surface area contributed by atoms with E-state index >= 15 is 0 Å². The molecule has 4 rings (SSSR count). The van der Waals surface area contributed by atoms with Crippen LogP contribution < -0.4 is 10.1 Å². The molecule has 3 amide bonds. The van der Waals surface area contributed by atoms with Crippen LogP contribution in [0.2, 0.25) is 0 Å². The maximum Gasteiger partial charge on any atom is 0.257 e. The number of carbonyl (C=O) groups is 3. The van der Waals surface area contributed by atoms with E-state index in [1.807, 2.05) is 0 Å². The summed E-state index contributed by atoms with van der Waals surface area (Å²) in [4.78, 5) is 40.9. The van der Waals surface area contributed by atoms with Crippen molar-refractivity contribution in [1.82, 2.24) is 9.80 Å². The van der Waals surface area contributed by atoms with Gasteiger partial charge in [0.1, 0.15) is 18.5 Å². The molecule has 31 heavy (non-hydrogen) atoms. The van der Waals surface area contributed by atoms with Gasteiger partial charge >= 0.3 is 0 Å². The number of amides is 3. The van der Waals surface area contributed by atoms with Crippen LogP contribution in [-0.4, -0.2) is 73.5 Å². The summed E-state index contributed by atoms with van der Waals surface area (Å²) in [5.74, 6) is 0.436. The van der Waals surface area contributed by atoms with Crippen molar-refractivity contribution in [2.24, 2.45) is 5.92 Å². The average Bonchev–Trinajstić information content (AvgIpc) is 2.69. The summed E-state index contributed by atoms with van der Waals surface area (Å²) in [5, 5.41) is 2.93.